The Bertz CT molecular complexity index is 2790. The molecule has 0 aliphatic heterocycles. The summed E-state index contributed by atoms with van der Waals surface area (Å²) in [5.41, 5.74) is 17.0. The normalized spacial score (nSPS) is 12.4. The van der Waals surface area contributed by atoms with E-state index in [4.69, 9.17) is 10.1 Å². The van der Waals surface area contributed by atoms with Crippen LogP contribution in [0.3, 0.4) is 0 Å². The molecule has 0 bridgehead atoms. The fourth-order valence-corrected chi connectivity index (χ4v) is 8.91. The number of para-hydroxylation sites is 2. The van der Waals surface area contributed by atoms with Crippen LogP contribution in [0.4, 0.5) is 0 Å². The van der Waals surface area contributed by atoms with Gasteiger partial charge in [0.2, 0.25) is 5.62 Å². The van der Waals surface area contributed by atoms with E-state index < -0.39 is 0 Å². The van der Waals surface area contributed by atoms with Gasteiger partial charge in [-0.1, -0.05) is 165 Å². The lowest BCUT2D eigenvalue weighted by atomic mass is 9.92. The predicted molar refractivity (Wildman–Crippen MR) is 248 cm³/mol. The largest absolute Gasteiger partial charge is 0.275 e. The van der Waals surface area contributed by atoms with Crippen molar-refractivity contribution in [2.75, 3.05) is 0 Å². The fourth-order valence-electron chi connectivity index (χ4n) is 8.91. The summed E-state index contributed by atoms with van der Waals surface area (Å²) in [6.07, 6.45) is 1.92. The summed E-state index contributed by atoms with van der Waals surface area (Å²) >= 11 is 0. The Morgan fingerprint density at radius 3 is 1.29 bits per heavy atom. The zero-order chi connectivity index (χ0) is 40.9. The number of hydrogen-bond donors (Lipinski definition) is 0. The Hall–Kier alpha value is -6.46. The number of rotatable bonds is 9. The molecule has 5 heteroatoms. The van der Waals surface area contributed by atoms with Gasteiger partial charge in [-0.3, -0.25) is 9.13 Å². The van der Waals surface area contributed by atoms with Crippen LogP contribution in [0.15, 0.2) is 157 Å². The predicted octanol–water partition coefficient (Wildman–Crippen LogP) is 14.1. The van der Waals surface area contributed by atoms with E-state index in [1.54, 1.807) is 0 Å². The first-order valence-corrected chi connectivity index (χ1v) is 21.2. The summed E-state index contributed by atoms with van der Waals surface area (Å²) in [6, 6.07) is 52.9. The highest BCUT2D eigenvalue weighted by Gasteiger charge is 2.27. The number of aromatic nitrogens is 4. The second-order valence-electron chi connectivity index (χ2n) is 17.1. The van der Waals surface area contributed by atoms with Crippen LogP contribution in [0.5, 0.6) is 0 Å². The topological polar surface area (TPSA) is 40.0 Å². The third-order valence-electron chi connectivity index (χ3n) is 11.9. The van der Waals surface area contributed by atoms with Gasteiger partial charge in [-0.05, 0) is 105 Å². The maximum atomic E-state index is 5.96. The van der Waals surface area contributed by atoms with Gasteiger partial charge in [0.05, 0.1) is 27.9 Å². The number of benzene rings is 6. The summed E-state index contributed by atoms with van der Waals surface area (Å²) < 4.78 is 6.98. The molecule has 0 spiro atoms. The van der Waals surface area contributed by atoms with Crippen molar-refractivity contribution in [3.63, 3.8) is 0 Å². The highest BCUT2D eigenvalue weighted by atomic mass is 15.4. The lowest BCUT2D eigenvalue weighted by Crippen LogP contribution is -2.29. The van der Waals surface area contributed by atoms with E-state index >= 15 is 0 Å². The highest BCUT2D eigenvalue weighted by molar-refractivity contribution is 6.10. The summed E-state index contributed by atoms with van der Waals surface area (Å²) in [5, 5.41) is 8.27. The van der Waals surface area contributed by atoms with Crippen molar-refractivity contribution in [3.8, 4) is 33.6 Å². The molecule has 0 saturated carbocycles. The number of imidazole rings is 1. The van der Waals surface area contributed by atoms with E-state index in [-0.39, 0.29) is 23.7 Å². The molecule has 6 aromatic carbocycles. The van der Waals surface area contributed by atoms with Crippen LogP contribution in [0, 0.1) is 0 Å². The van der Waals surface area contributed by atoms with Crippen LogP contribution in [0.25, 0.3) is 66.6 Å². The molecule has 294 valence electrons. The Morgan fingerprint density at radius 2 is 0.847 bits per heavy atom. The average molecular weight is 772 g/mol. The summed E-state index contributed by atoms with van der Waals surface area (Å²) in [5.74, 6) is 1.08. The third-order valence-corrected chi connectivity index (χ3v) is 11.9. The van der Waals surface area contributed by atoms with Crippen LogP contribution in [0.2, 0.25) is 0 Å². The molecule has 5 nitrogen and oxygen atoms in total. The van der Waals surface area contributed by atoms with E-state index in [0.717, 1.165) is 44.3 Å². The molecule has 9 rings (SSSR count). The SMILES string of the molecule is CC(C)c1cccc(C(C)C)c1-n1/c(=N\n2c3ccc(-c4ccccc4)cc3c3cc(-c4ccccc4)ccc32)n(-c2c(C(C)C)cccc2C(C)C)c2ncccc21. The van der Waals surface area contributed by atoms with Gasteiger partial charge in [-0.25, -0.2) is 9.66 Å². The molecule has 3 heterocycles. The molecule has 3 aromatic heterocycles. The van der Waals surface area contributed by atoms with E-state index in [1.165, 1.54) is 50.2 Å². The fraction of sp³-hybridized carbons (Fsp3) is 0.222. The zero-order valence-electron chi connectivity index (χ0n) is 35.5. The van der Waals surface area contributed by atoms with Crippen molar-refractivity contribution in [1.82, 2.24) is 18.8 Å². The minimum absolute atomic E-state index is 0.265. The van der Waals surface area contributed by atoms with Gasteiger partial charge in [0.1, 0.15) is 0 Å². The molecule has 0 aliphatic rings. The molecule has 0 N–H and O–H groups in total. The van der Waals surface area contributed by atoms with Crippen molar-refractivity contribution >= 4 is 33.0 Å². The van der Waals surface area contributed by atoms with Crippen molar-refractivity contribution in [1.29, 1.82) is 0 Å². The first-order valence-electron chi connectivity index (χ1n) is 21.2. The average Bonchev–Trinajstić information content (AvgIpc) is 3.74. The van der Waals surface area contributed by atoms with Crippen molar-refractivity contribution in [2.45, 2.75) is 79.1 Å². The second kappa shape index (κ2) is 15.4. The van der Waals surface area contributed by atoms with E-state index in [0.29, 0.717) is 0 Å². The molecule has 0 unspecified atom stereocenters. The van der Waals surface area contributed by atoms with Crippen LogP contribution >= 0.6 is 0 Å². The summed E-state index contributed by atoms with van der Waals surface area (Å²) in [6.45, 7) is 18.3. The standard InChI is InChI=1S/C54H53N5/c1-34(2)42-22-15-23-43(35(3)4)51(42)57-50-26-17-31-55-53(50)58(52-44(36(5)6)24-16-25-45(52)37(7)8)54(57)56-59-48-29-27-40(38-18-11-9-12-19-38)32-46(48)47-33-41(28-30-49(47)59)39-20-13-10-14-21-39/h9-37H,1-8H3/b56-54+. The number of fused-ring (bicyclic) bond motifs is 4. The van der Waals surface area contributed by atoms with Gasteiger partial charge >= 0.3 is 0 Å². The molecule has 9 aromatic rings. The molecular formula is C54H53N5. The Balaban J connectivity index is 1.50. The number of hydrogen-bond acceptors (Lipinski definition) is 2. The molecule has 0 fully saturated rings. The van der Waals surface area contributed by atoms with E-state index in [1.807, 2.05) is 6.20 Å². The Labute approximate surface area is 347 Å². The zero-order valence-corrected chi connectivity index (χ0v) is 35.5. The molecule has 0 amide bonds. The van der Waals surface area contributed by atoms with Gasteiger partial charge in [-0.15, -0.1) is 5.10 Å². The summed E-state index contributed by atoms with van der Waals surface area (Å²) in [7, 11) is 0. The maximum absolute atomic E-state index is 5.96. The van der Waals surface area contributed by atoms with E-state index in [2.05, 4.69) is 215 Å². The number of nitrogens with zero attached hydrogens (tertiary/aromatic N) is 5. The molecule has 0 saturated heterocycles. The van der Waals surface area contributed by atoms with Gasteiger partial charge in [0.25, 0.3) is 0 Å². The Morgan fingerprint density at radius 1 is 0.407 bits per heavy atom. The van der Waals surface area contributed by atoms with Crippen molar-refractivity contribution in [3.05, 3.63) is 180 Å². The first-order chi connectivity index (χ1) is 28.6. The third kappa shape index (κ3) is 6.59. The second-order valence-corrected chi connectivity index (χ2v) is 17.1. The van der Waals surface area contributed by atoms with Crippen LogP contribution in [-0.4, -0.2) is 18.8 Å². The maximum Gasteiger partial charge on any atom is 0.239 e. The van der Waals surface area contributed by atoms with Gasteiger partial charge in [-0.2, -0.15) is 0 Å². The molecule has 0 radical (unpaired) electrons. The minimum atomic E-state index is 0.265. The molecule has 0 atom stereocenters. The minimum Gasteiger partial charge on any atom is -0.275 e. The monoisotopic (exact) mass is 771 g/mol. The van der Waals surface area contributed by atoms with Crippen molar-refractivity contribution < 1.29 is 0 Å². The van der Waals surface area contributed by atoms with Crippen molar-refractivity contribution in [2.24, 2.45) is 5.10 Å². The number of pyridine rings is 1. The van der Waals surface area contributed by atoms with Gasteiger partial charge < -0.3 is 0 Å². The lowest BCUT2D eigenvalue weighted by Gasteiger charge is -2.22. The highest BCUT2D eigenvalue weighted by Crippen LogP contribution is 2.38. The Kier molecular flexibility index (Phi) is 9.92. The van der Waals surface area contributed by atoms with Crippen LogP contribution in [-0.2, 0) is 0 Å². The first kappa shape index (κ1) is 38.1. The van der Waals surface area contributed by atoms with Crippen LogP contribution < -0.4 is 5.62 Å². The molecular weight excluding hydrogens is 719 g/mol. The lowest BCUT2D eigenvalue weighted by molar-refractivity contribution is 0.737. The van der Waals surface area contributed by atoms with E-state index in [9.17, 15) is 0 Å². The molecule has 0 aliphatic carbocycles. The summed E-state index contributed by atoms with van der Waals surface area (Å²) in [4.78, 5) is 5.23. The quantitative estimate of drug-likeness (QED) is 0.144. The smallest absolute Gasteiger partial charge is 0.239 e. The van der Waals surface area contributed by atoms with Crippen LogP contribution in [0.1, 0.15) is 101 Å². The van der Waals surface area contributed by atoms with Gasteiger partial charge in [0.15, 0.2) is 5.65 Å². The van der Waals surface area contributed by atoms with Gasteiger partial charge in [0, 0.05) is 17.0 Å². The molecule has 59 heavy (non-hydrogen) atoms.